The highest BCUT2D eigenvalue weighted by Gasteiger charge is 2.34. The van der Waals surface area contributed by atoms with Crippen molar-refractivity contribution in [3.63, 3.8) is 0 Å². The third kappa shape index (κ3) is 2.68. The van der Waals surface area contributed by atoms with Crippen molar-refractivity contribution >= 4 is 34.2 Å². The Morgan fingerprint density at radius 3 is 2.88 bits per heavy atom. The van der Waals surface area contributed by atoms with E-state index < -0.39 is 5.97 Å². The van der Waals surface area contributed by atoms with E-state index >= 15 is 0 Å². The molecule has 1 aliphatic rings. The van der Waals surface area contributed by atoms with E-state index in [2.05, 4.69) is 4.57 Å². The zero-order chi connectivity index (χ0) is 18.3. The highest BCUT2D eigenvalue weighted by molar-refractivity contribution is 7.12. The number of fused-ring (bicyclic) bond motifs is 1. The number of aromatic carboxylic acids is 1. The molecule has 3 heterocycles. The summed E-state index contributed by atoms with van der Waals surface area (Å²) >= 11 is 1.44. The smallest absolute Gasteiger partial charge is 0.264 e. The number of aryl methyl sites for hydroxylation is 1. The number of carboxylic acids is 1. The summed E-state index contributed by atoms with van der Waals surface area (Å²) in [6, 6.07) is 8.48. The van der Waals surface area contributed by atoms with Gasteiger partial charge in [-0.1, -0.05) is 12.1 Å². The monoisotopic (exact) mass is 368 g/mol. The predicted octanol–water partition coefficient (Wildman–Crippen LogP) is 2.46. The van der Waals surface area contributed by atoms with Crippen molar-refractivity contribution in [2.75, 3.05) is 6.54 Å². The number of rotatable bonds is 4. The topological polar surface area (TPSA) is 78.3 Å². The van der Waals surface area contributed by atoms with E-state index in [1.165, 1.54) is 11.3 Å². The molecule has 26 heavy (non-hydrogen) atoms. The van der Waals surface area contributed by atoms with Crippen LogP contribution in [0.25, 0.3) is 11.0 Å². The van der Waals surface area contributed by atoms with Crippen molar-refractivity contribution < 1.29 is 14.7 Å². The maximum absolute atomic E-state index is 12.9. The molecule has 7 heteroatoms. The first-order valence-electron chi connectivity index (χ1n) is 8.66. The van der Waals surface area contributed by atoms with E-state index in [-0.39, 0.29) is 17.5 Å². The van der Waals surface area contributed by atoms with Gasteiger partial charge >= 0.3 is 0 Å². The van der Waals surface area contributed by atoms with Crippen LogP contribution in [0.15, 0.2) is 35.7 Å². The second-order valence-corrected chi connectivity index (χ2v) is 7.29. The first kappa shape index (κ1) is 16.8. The van der Waals surface area contributed by atoms with Crippen LogP contribution in [0, 0.1) is 0 Å². The molecule has 0 N–H and O–H groups in total. The molecule has 1 aromatic carbocycles. The number of hydrogen-bond acceptors (Lipinski definition) is 5. The fourth-order valence-electron chi connectivity index (χ4n) is 3.68. The van der Waals surface area contributed by atoms with Gasteiger partial charge in [0, 0.05) is 13.1 Å². The van der Waals surface area contributed by atoms with Gasteiger partial charge in [-0.25, -0.2) is 4.98 Å². The minimum atomic E-state index is -1.21. The number of aromatic nitrogens is 2. The van der Waals surface area contributed by atoms with Gasteiger partial charge in [-0.15, -0.1) is 11.3 Å². The Balaban J connectivity index is 1.77. The van der Waals surface area contributed by atoms with Gasteiger partial charge in [-0.3, -0.25) is 4.79 Å². The number of amides is 1. The molecule has 6 nitrogen and oxygen atoms in total. The predicted molar refractivity (Wildman–Crippen MR) is 97.1 cm³/mol. The van der Waals surface area contributed by atoms with Gasteiger partial charge in [0.2, 0.25) is 0 Å². The number of hydrogen-bond donors (Lipinski definition) is 0. The number of carbonyl (C=O) groups is 2. The van der Waals surface area contributed by atoms with Crippen LogP contribution >= 0.6 is 11.3 Å². The van der Waals surface area contributed by atoms with Gasteiger partial charge < -0.3 is 19.4 Å². The van der Waals surface area contributed by atoms with Gasteiger partial charge in [0.1, 0.15) is 5.82 Å². The maximum Gasteiger partial charge on any atom is 0.264 e. The zero-order valence-corrected chi connectivity index (χ0v) is 15.2. The van der Waals surface area contributed by atoms with Crippen molar-refractivity contribution in [2.45, 2.75) is 32.4 Å². The summed E-state index contributed by atoms with van der Waals surface area (Å²) in [6.45, 7) is 3.43. The maximum atomic E-state index is 12.9. The molecule has 1 aliphatic heterocycles. The summed E-state index contributed by atoms with van der Waals surface area (Å²) < 4.78 is 2.07. The lowest BCUT2D eigenvalue weighted by Crippen LogP contribution is -2.31. The van der Waals surface area contributed by atoms with Gasteiger partial charge in [-0.05, 0) is 48.9 Å². The molecule has 1 atom stereocenters. The molecule has 0 aliphatic carbocycles. The molecular formula is C19H18N3O3S-. The molecule has 0 unspecified atom stereocenters. The third-order valence-electron chi connectivity index (χ3n) is 4.87. The number of nitrogens with zero attached hydrogens (tertiary/aromatic N) is 3. The highest BCUT2D eigenvalue weighted by atomic mass is 32.1. The largest absolute Gasteiger partial charge is 0.545 e. The average Bonchev–Trinajstić information content (AvgIpc) is 3.38. The van der Waals surface area contributed by atoms with Crippen LogP contribution in [0.1, 0.15) is 51.7 Å². The summed E-state index contributed by atoms with van der Waals surface area (Å²) in [5.74, 6) is -0.358. The summed E-state index contributed by atoms with van der Waals surface area (Å²) in [7, 11) is 0. The first-order valence-corrected chi connectivity index (χ1v) is 9.54. The van der Waals surface area contributed by atoms with E-state index in [4.69, 9.17) is 4.98 Å². The van der Waals surface area contributed by atoms with E-state index in [0.29, 0.717) is 18.6 Å². The average molecular weight is 368 g/mol. The Labute approximate surface area is 154 Å². The van der Waals surface area contributed by atoms with Crippen molar-refractivity contribution in [3.05, 3.63) is 52.0 Å². The lowest BCUT2D eigenvalue weighted by molar-refractivity contribution is -0.255. The molecule has 1 fully saturated rings. The normalized spacial score (nSPS) is 17.1. The van der Waals surface area contributed by atoms with Crippen molar-refractivity contribution in [3.8, 4) is 0 Å². The highest BCUT2D eigenvalue weighted by Crippen LogP contribution is 2.35. The van der Waals surface area contributed by atoms with E-state index in [9.17, 15) is 14.7 Å². The Bertz CT molecular complexity index is 977. The third-order valence-corrected chi connectivity index (χ3v) is 5.73. The Morgan fingerprint density at radius 1 is 1.35 bits per heavy atom. The van der Waals surface area contributed by atoms with Gasteiger partial charge in [0.25, 0.3) is 5.91 Å². The fraction of sp³-hybridized carbons (Fsp3) is 0.316. The van der Waals surface area contributed by atoms with Gasteiger partial charge in [0.05, 0.1) is 27.9 Å². The van der Waals surface area contributed by atoms with Crippen molar-refractivity contribution in [1.82, 2.24) is 14.5 Å². The SMILES string of the molecule is CCn1c([C@@H]2CCCN2C(=O)c2cccs2)nc2cc(C(=O)[O-])ccc21. The van der Waals surface area contributed by atoms with Crippen LogP contribution in [0.4, 0.5) is 0 Å². The number of carboxylic acid groups (broad SMARTS) is 1. The van der Waals surface area contributed by atoms with Crippen LogP contribution in [0.5, 0.6) is 0 Å². The lowest BCUT2D eigenvalue weighted by Gasteiger charge is -2.24. The fourth-order valence-corrected chi connectivity index (χ4v) is 4.36. The first-order chi connectivity index (χ1) is 12.6. The Kier molecular flexibility index (Phi) is 4.24. The van der Waals surface area contributed by atoms with E-state index in [1.54, 1.807) is 18.2 Å². The lowest BCUT2D eigenvalue weighted by atomic mass is 10.2. The molecule has 134 valence electrons. The summed E-state index contributed by atoms with van der Waals surface area (Å²) in [5, 5.41) is 13.0. The van der Waals surface area contributed by atoms with Crippen LogP contribution < -0.4 is 5.11 Å². The molecule has 2 aromatic heterocycles. The molecule has 1 amide bonds. The number of thiophene rings is 1. The molecule has 1 saturated heterocycles. The van der Waals surface area contributed by atoms with Crippen LogP contribution in [0.3, 0.4) is 0 Å². The quantitative estimate of drug-likeness (QED) is 0.709. The molecule has 0 saturated carbocycles. The van der Waals surface area contributed by atoms with Crippen LogP contribution in [-0.2, 0) is 6.54 Å². The van der Waals surface area contributed by atoms with Crippen LogP contribution in [0.2, 0.25) is 0 Å². The second kappa shape index (κ2) is 6.57. The van der Waals surface area contributed by atoms with Gasteiger partial charge in [0.15, 0.2) is 0 Å². The van der Waals surface area contributed by atoms with E-state index in [1.807, 2.05) is 29.3 Å². The standard InChI is InChI=1S/C19H19N3O3S/c1-2-21-14-8-7-12(19(24)25)11-13(14)20-17(21)15-5-3-9-22(15)18(23)16-6-4-10-26-16/h4,6-8,10-11,15H,2-3,5,9H2,1H3,(H,24,25)/p-1/t15-/m0/s1. The summed E-state index contributed by atoms with van der Waals surface area (Å²) in [6.07, 6.45) is 1.78. The summed E-state index contributed by atoms with van der Waals surface area (Å²) in [4.78, 5) is 31.3. The Morgan fingerprint density at radius 2 is 2.19 bits per heavy atom. The number of likely N-dealkylation sites (tertiary alicyclic amines) is 1. The molecule has 0 bridgehead atoms. The molecule has 3 aromatic rings. The molecule has 0 radical (unpaired) electrons. The Hall–Kier alpha value is -2.67. The van der Waals surface area contributed by atoms with Gasteiger partial charge in [-0.2, -0.15) is 0 Å². The number of benzene rings is 1. The second-order valence-electron chi connectivity index (χ2n) is 6.34. The zero-order valence-electron chi connectivity index (χ0n) is 14.3. The number of imidazole rings is 1. The molecular weight excluding hydrogens is 350 g/mol. The van der Waals surface area contributed by atoms with Crippen LogP contribution in [-0.4, -0.2) is 32.9 Å². The summed E-state index contributed by atoms with van der Waals surface area (Å²) in [5.41, 5.74) is 1.62. The minimum absolute atomic E-state index is 0.0348. The molecule has 4 rings (SSSR count). The van der Waals surface area contributed by atoms with Crippen molar-refractivity contribution in [2.24, 2.45) is 0 Å². The molecule has 0 spiro atoms. The van der Waals surface area contributed by atoms with Crippen molar-refractivity contribution in [1.29, 1.82) is 0 Å². The minimum Gasteiger partial charge on any atom is -0.545 e. The number of carbonyl (C=O) groups excluding carboxylic acids is 2. The van der Waals surface area contributed by atoms with E-state index in [0.717, 1.165) is 29.1 Å².